The number of benzene rings is 1. The summed E-state index contributed by atoms with van der Waals surface area (Å²) >= 11 is 0. The van der Waals surface area contributed by atoms with E-state index in [1.807, 2.05) is 54.7 Å². The van der Waals surface area contributed by atoms with E-state index in [9.17, 15) is 5.11 Å². The molecule has 116 valence electrons. The molecule has 1 aromatic carbocycles. The Kier molecular flexibility index (Phi) is 3.96. The van der Waals surface area contributed by atoms with Crippen LogP contribution in [0.25, 0.3) is 0 Å². The van der Waals surface area contributed by atoms with Gasteiger partial charge in [0, 0.05) is 22.0 Å². The molecule has 1 aromatic rings. The first-order chi connectivity index (χ1) is 11.2. The highest BCUT2D eigenvalue weighted by Gasteiger charge is 2.34. The monoisotopic (exact) mass is 302 g/mol. The molecule has 2 aliphatic carbocycles. The molecule has 23 heavy (non-hydrogen) atoms. The van der Waals surface area contributed by atoms with Gasteiger partial charge in [-0.1, -0.05) is 79.0 Å². The van der Waals surface area contributed by atoms with Crippen LogP contribution in [0.3, 0.4) is 0 Å². The smallest absolute Gasteiger partial charge is 0.124 e. The third-order valence-corrected chi connectivity index (χ3v) is 4.96. The van der Waals surface area contributed by atoms with Crippen LogP contribution in [-0.4, -0.2) is 5.11 Å². The van der Waals surface area contributed by atoms with Crippen LogP contribution in [0.1, 0.15) is 24.0 Å². The van der Waals surface area contributed by atoms with Gasteiger partial charge in [-0.05, 0) is 12.8 Å². The van der Waals surface area contributed by atoms with Gasteiger partial charge in [0.05, 0.1) is 0 Å². The van der Waals surface area contributed by atoms with E-state index in [1.165, 1.54) is 0 Å². The Balaban J connectivity index is 2.16. The maximum absolute atomic E-state index is 11.1. The van der Waals surface area contributed by atoms with Crippen LogP contribution in [-0.2, 0) is 10.8 Å². The lowest BCUT2D eigenvalue weighted by atomic mass is 9.70. The van der Waals surface area contributed by atoms with Crippen molar-refractivity contribution in [1.29, 1.82) is 0 Å². The fourth-order valence-electron chi connectivity index (χ4n) is 3.49. The number of aromatic hydroxyl groups is 1. The minimum atomic E-state index is -0.356. The van der Waals surface area contributed by atoms with E-state index < -0.39 is 0 Å². The SMILES string of the molecule is C=CC1(c2cccc(C3(C=C)C=CC=CC3)c2O)C=CC=CC1. The zero-order valence-electron chi connectivity index (χ0n) is 13.3. The maximum Gasteiger partial charge on any atom is 0.124 e. The molecule has 0 fully saturated rings. The second kappa shape index (κ2) is 5.92. The highest BCUT2D eigenvalue weighted by atomic mass is 16.3. The molecule has 1 heteroatoms. The molecule has 0 saturated carbocycles. The normalized spacial score (nSPS) is 28.7. The Morgan fingerprint density at radius 1 is 0.826 bits per heavy atom. The molecule has 3 rings (SSSR count). The minimum Gasteiger partial charge on any atom is -0.507 e. The molecule has 0 spiro atoms. The molecule has 0 aliphatic heterocycles. The zero-order chi connectivity index (χ0) is 16.3. The molecule has 2 aliphatic rings. The Hall–Kier alpha value is -2.54. The molecule has 0 bridgehead atoms. The molecule has 0 saturated heterocycles. The minimum absolute atomic E-state index is 0.340. The summed E-state index contributed by atoms with van der Waals surface area (Å²) in [5, 5.41) is 11.1. The van der Waals surface area contributed by atoms with Gasteiger partial charge in [-0.2, -0.15) is 0 Å². The highest BCUT2D eigenvalue weighted by molar-refractivity contribution is 5.56. The predicted octanol–water partition coefficient (Wildman–Crippen LogP) is 5.27. The van der Waals surface area contributed by atoms with Crippen molar-refractivity contribution in [2.75, 3.05) is 0 Å². The van der Waals surface area contributed by atoms with Gasteiger partial charge in [0.15, 0.2) is 0 Å². The number of hydrogen-bond donors (Lipinski definition) is 1. The quantitative estimate of drug-likeness (QED) is 0.751. The zero-order valence-corrected chi connectivity index (χ0v) is 13.3. The predicted molar refractivity (Wildman–Crippen MR) is 97.7 cm³/mol. The van der Waals surface area contributed by atoms with E-state index in [-0.39, 0.29) is 10.8 Å². The molecule has 0 radical (unpaired) electrons. The van der Waals surface area contributed by atoms with Gasteiger partial charge < -0.3 is 5.11 Å². The fourth-order valence-corrected chi connectivity index (χ4v) is 3.49. The van der Waals surface area contributed by atoms with Crippen LogP contribution in [0.5, 0.6) is 5.75 Å². The molecule has 1 nitrogen and oxygen atoms in total. The van der Waals surface area contributed by atoms with E-state index in [0.717, 1.165) is 24.0 Å². The average molecular weight is 302 g/mol. The lowest BCUT2D eigenvalue weighted by Crippen LogP contribution is -2.25. The maximum atomic E-state index is 11.1. The Morgan fingerprint density at radius 3 is 1.65 bits per heavy atom. The molecule has 0 aromatic heterocycles. The van der Waals surface area contributed by atoms with Gasteiger partial charge in [-0.15, -0.1) is 13.2 Å². The van der Waals surface area contributed by atoms with Crippen LogP contribution >= 0.6 is 0 Å². The largest absolute Gasteiger partial charge is 0.507 e. The van der Waals surface area contributed by atoms with Gasteiger partial charge in [0.1, 0.15) is 5.75 Å². The van der Waals surface area contributed by atoms with Gasteiger partial charge >= 0.3 is 0 Å². The van der Waals surface area contributed by atoms with E-state index in [2.05, 4.69) is 37.5 Å². The lowest BCUT2D eigenvalue weighted by molar-refractivity contribution is 0.440. The topological polar surface area (TPSA) is 20.2 Å². The summed E-state index contributed by atoms with van der Waals surface area (Å²) in [5.41, 5.74) is 1.08. The van der Waals surface area contributed by atoms with Crippen molar-refractivity contribution in [2.45, 2.75) is 23.7 Å². The summed E-state index contributed by atoms with van der Waals surface area (Å²) in [7, 11) is 0. The number of para-hydroxylation sites is 1. The van der Waals surface area contributed by atoms with E-state index >= 15 is 0 Å². The number of hydrogen-bond acceptors (Lipinski definition) is 1. The van der Waals surface area contributed by atoms with Crippen molar-refractivity contribution in [2.24, 2.45) is 0 Å². The average Bonchev–Trinajstić information content (AvgIpc) is 2.63. The van der Waals surface area contributed by atoms with E-state index in [4.69, 9.17) is 0 Å². The summed E-state index contributed by atoms with van der Waals surface area (Å²) < 4.78 is 0. The summed E-state index contributed by atoms with van der Waals surface area (Å²) in [4.78, 5) is 0. The van der Waals surface area contributed by atoms with E-state index in [0.29, 0.717) is 5.75 Å². The summed E-state index contributed by atoms with van der Waals surface area (Å²) in [6.45, 7) is 8.02. The first-order valence-corrected chi connectivity index (χ1v) is 7.96. The Labute approximate surface area is 138 Å². The van der Waals surface area contributed by atoms with Gasteiger partial charge in [-0.25, -0.2) is 0 Å². The third-order valence-electron chi connectivity index (χ3n) is 4.96. The summed E-state index contributed by atoms with van der Waals surface area (Å²) in [5.74, 6) is 0.340. The van der Waals surface area contributed by atoms with Crippen LogP contribution in [0.2, 0.25) is 0 Å². The molecule has 0 heterocycles. The second-order valence-electron chi connectivity index (χ2n) is 6.17. The summed E-state index contributed by atoms with van der Waals surface area (Å²) in [6.07, 6.45) is 22.0. The van der Waals surface area contributed by atoms with Crippen molar-refractivity contribution in [3.05, 3.63) is 103 Å². The van der Waals surface area contributed by atoms with Crippen molar-refractivity contribution in [3.63, 3.8) is 0 Å². The Morgan fingerprint density at radius 2 is 1.30 bits per heavy atom. The Bertz CT molecular complexity index is 687. The van der Waals surface area contributed by atoms with Crippen molar-refractivity contribution >= 4 is 0 Å². The first kappa shape index (κ1) is 15.4. The lowest BCUT2D eigenvalue weighted by Gasteiger charge is -2.34. The fraction of sp³-hybridized carbons (Fsp3) is 0.182. The second-order valence-corrected chi connectivity index (χ2v) is 6.17. The number of rotatable bonds is 4. The van der Waals surface area contributed by atoms with Crippen molar-refractivity contribution < 1.29 is 5.11 Å². The number of phenols is 1. The molecule has 1 N–H and O–H groups in total. The van der Waals surface area contributed by atoms with Crippen molar-refractivity contribution in [1.82, 2.24) is 0 Å². The van der Waals surface area contributed by atoms with Crippen molar-refractivity contribution in [3.8, 4) is 5.75 Å². The van der Waals surface area contributed by atoms with E-state index in [1.54, 1.807) is 0 Å². The molecular formula is C22H22O. The van der Waals surface area contributed by atoms with Crippen LogP contribution < -0.4 is 0 Å². The first-order valence-electron chi connectivity index (χ1n) is 7.96. The summed E-state index contributed by atoms with van der Waals surface area (Å²) in [6, 6.07) is 5.99. The molecule has 2 unspecified atom stereocenters. The molecular weight excluding hydrogens is 280 g/mol. The number of phenolic OH excluding ortho intramolecular Hbond substituents is 1. The molecule has 2 atom stereocenters. The van der Waals surface area contributed by atoms with Crippen LogP contribution in [0, 0.1) is 0 Å². The van der Waals surface area contributed by atoms with Crippen LogP contribution in [0.15, 0.2) is 92.1 Å². The standard InChI is InChI=1S/C22H22O/c1-3-21(14-7-5-8-15-21)18-12-11-13-19(20(18)23)22(4-2)16-9-6-10-17-22/h3-14,16,23H,1-2,15,17H2. The van der Waals surface area contributed by atoms with Gasteiger partial charge in [-0.3, -0.25) is 0 Å². The number of allylic oxidation sites excluding steroid dienone is 10. The highest BCUT2D eigenvalue weighted by Crippen LogP contribution is 2.45. The van der Waals surface area contributed by atoms with Gasteiger partial charge in [0.25, 0.3) is 0 Å². The molecule has 0 amide bonds. The third kappa shape index (κ3) is 2.43. The van der Waals surface area contributed by atoms with Crippen LogP contribution in [0.4, 0.5) is 0 Å². The van der Waals surface area contributed by atoms with Gasteiger partial charge in [0.2, 0.25) is 0 Å².